The zero-order chi connectivity index (χ0) is 31.6. The second kappa shape index (κ2) is 12.6. The first-order chi connectivity index (χ1) is 19.5. The summed E-state index contributed by atoms with van der Waals surface area (Å²) in [6.45, 7) is 4.85. The highest BCUT2D eigenvalue weighted by Gasteiger charge is 2.42. The third-order valence-electron chi connectivity index (χ3n) is 6.68. The molecule has 3 rings (SSSR count). The summed E-state index contributed by atoms with van der Waals surface area (Å²) >= 11 is 0. The third-order valence-corrected chi connectivity index (χ3v) is 6.68. The fourth-order valence-electron chi connectivity index (χ4n) is 4.76. The van der Waals surface area contributed by atoms with Crippen molar-refractivity contribution < 1.29 is 54.9 Å². The Balaban J connectivity index is 2.18. The van der Waals surface area contributed by atoms with Gasteiger partial charge in [-0.1, -0.05) is 13.8 Å². The molecule has 2 amide bonds. The number of hydrogen-bond acceptors (Lipinski definition) is 6. The number of alkyl halides is 6. The molecule has 0 saturated heterocycles. The minimum Gasteiger partial charge on any atom is -0.493 e. The highest BCUT2D eigenvalue weighted by atomic mass is 19.4. The van der Waals surface area contributed by atoms with Crippen LogP contribution in [-0.4, -0.2) is 51.1 Å². The molecular formula is C28H32F6N2O6. The Bertz CT molecular complexity index is 1260. The van der Waals surface area contributed by atoms with E-state index in [9.17, 15) is 35.9 Å². The van der Waals surface area contributed by atoms with E-state index in [1.165, 1.54) is 31.3 Å². The summed E-state index contributed by atoms with van der Waals surface area (Å²) in [6, 6.07) is 2.54. The van der Waals surface area contributed by atoms with Crippen LogP contribution in [-0.2, 0) is 28.4 Å². The summed E-state index contributed by atoms with van der Waals surface area (Å²) in [7, 11) is 3.78. The van der Waals surface area contributed by atoms with Crippen molar-refractivity contribution in [2.45, 2.75) is 58.2 Å². The van der Waals surface area contributed by atoms with Crippen molar-refractivity contribution in [3.05, 3.63) is 52.6 Å². The number of hydrogen-bond donors (Lipinski definition) is 0. The highest BCUT2D eigenvalue weighted by Crippen LogP contribution is 2.47. The number of fused-ring (bicyclic) bond motifs is 1. The summed E-state index contributed by atoms with van der Waals surface area (Å²) in [4.78, 5) is 28.6. The van der Waals surface area contributed by atoms with E-state index >= 15 is 0 Å². The first-order valence-corrected chi connectivity index (χ1v) is 12.9. The molecule has 42 heavy (non-hydrogen) atoms. The molecule has 2 unspecified atom stereocenters. The Morgan fingerprint density at radius 2 is 1.48 bits per heavy atom. The normalized spacial score (nSPS) is 17.0. The first-order valence-electron chi connectivity index (χ1n) is 12.9. The maximum atomic E-state index is 13.5. The second-order valence-electron chi connectivity index (χ2n) is 10.2. The number of benzene rings is 2. The molecule has 2 aromatic carbocycles. The van der Waals surface area contributed by atoms with Crippen molar-refractivity contribution in [1.29, 1.82) is 0 Å². The van der Waals surface area contributed by atoms with E-state index in [0.29, 0.717) is 17.7 Å². The molecule has 2 atom stereocenters. The van der Waals surface area contributed by atoms with E-state index in [-0.39, 0.29) is 42.2 Å². The van der Waals surface area contributed by atoms with E-state index < -0.39 is 59.9 Å². The lowest BCUT2D eigenvalue weighted by Gasteiger charge is -2.42. The lowest BCUT2D eigenvalue weighted by Crippen LogP contribution is -2.48. The van der Waals surface area contributed by atoms with Gasteiger partial charge in [-0.3, -0.25) is 9.80 Å². The van der Waals surface area contributed by atoms with Gasteiger partial charge in [0.2, 0.25) is 0 Å². The molecule has 0 bridgehead atoms. The Hall–Kier alpha value is -3.84. The van der Waals surface area contributed by atoms with Crippen molar-refractivity contribution in [1.82, 2.24) is 4.90 Å². The summed E-state index contributed by atoms with van der Waals surface area (Å²) in [5.41, 5.74) is -2.86. The predicted molar refractivity (Wildman–Crippen MR) is 139 cm³/mol. The lowest BCUT2D eigenvalue weighted by molar-refractivity contribution is -0.143. The van der Waals surface area contributed by atoms with Crippen molar-refractivity contribution in [3.8, 4) is 11.5 Å². The average Bonchev–Trinajstić information content (AvgIpc) is 2.91. The van der Waals surface area contributed by atoms with E-state index in [0.717, 1.165) is 12.0 Å². The second-order valence-corrected chi connectivity index (χ2v) is 10.2. The topological polar surface area (TPSA) is 77.5 Å². The van der Waals surface area contributed by atoms with Crippen LogP contribution < -0.4 is 14.4 Å². The largest absolute Gasteiger partial charge is 0.493 e. The Kier molecular flexibility index (Phi) is 9.78. The van der Waals surface area contributed by atoms with E-state index in [1.807, 2.05) is 13.8 Å². The molecule has 1 heterocycles. The number of carbonyl (C=O) groups is 2. The molecule has 0 aliphatic carbocycles. The SMILES string of the molecule is COC(=O)N(Cc1cc(C(F)(F)F)cc(C(F)(F)F)c1)C1CC(C)N(C(=O)OCC(C)C)c2cc(OC)c(OC)cc21. The van der Waals surface area contributed by atoms with Gasteiger partial charge >= 0.3 is 24.5 Å². The quantitative estimate of drug-likeness (QED) is 0.305. The van der Waals surface area contributed by atoms with E-state index in [4.69, 9.17) is 18.9 Å². The number of halogens is 6. The van der Waals surface area contributed by atoms with Crippen molar-refractivity contribution in [3.63, 3.8) is 0 Å². The molecule has 0 aromatic heterocycles. The Labute approximate surface area is 239 Å². The van der Waals surface area contributed by atoms with Gasteiger partial charge in [0.15, 0.2) is 11.5 Å². The number of amides is 2. The summed E-state index contributed by atoms with van der Waals surface area (Å²) < 4.78 is 102. The number of anilines is 1. The van der Waals surface area contributed by atoms with Gasteiger partial charge in [0.05, 0.1) is 50.8 Å². The molecule has 8 nitrogen and oxygen atoms in total. The van der Waals surface area contributed by atoms with Gasteiger partial charge in [-0.05, 0) is 49.1 Å². The van der Waals surface area contributed by atoms with Crippen LogP contribution in [0.1, 0.15) is 55.5 Å². The highest BCUT2D eigenvalue weighted by molar-refractivity contribution is 5.91. The average molecular weight is 607 g/mol. The maximum absolute atomic E-state index is 13.5. The molecule has 14 heteroatoms. The van der Waals surface area contributed by atoms with Gasteiger partial charge in [0.1, 0.15) is 0 Å². The number of methoxy groups -OCH3 is 3. The van der Waals surface area contributed by atoms with Crippen molar-refractivity contribution in [2.75, 3.05) is 32.8 Å². The Morgan fingerprint density at radius 3 is 1.95 bits per heavy atom. The smallest absolute Gasteiger partial charge is 0.416 e. The fourth-order valence-corrected chi connectivity index (χ4v) is 4.76. The minimum atomic E-state index is -5.07. The Morgan fingerprint density at radius 1 is 0.929 bits per heavy atom. The van der Waals surface area contributed by atoms with Crippen molar-refractivity contribution >= 4 is 17.9 Å². The number of ether oxygens (including phenoxy) is 4. The van der Waals surface area contributed by atoms with Crippen LogP contribution in [0.5, 0.6) is 11.5 Å². The molecule has 0 fully saturated rings. The molecule has 232 valence electrons. The number of nitrogens with zero attached hydrogens (tertiary/aromatic N) is 2. The molecule has 0 saturated carbocycles. The molecule has 0 radical (unpaired) electrons. The van der Waals surface area contributed by atoms with Gasteiger partial charge in [0, 0.05) is 24.2 Å². The van der Waals surface area contributed by atoms with Gasteiger partial charge in [-0.2, -0.15) is 26.3 Å². The monoisotopic (exact) mass is 606 g/mol. The molecule has 2 aromatic rings. The van der Waals surface area contributed by atoms with Crippen LogP contribution in [0.15, 0.2) is 30.3 Å². The van der Waals surface area contributed by atoms with Crippen LogP contribution >= 0.6 is 0 Å². The van der Waals surface area contributed by atoms with Crippen molar-refractivity contribution in [2.24, 2.45) is 5.92 Å². The molecular weight excluding hydrogens is 574 g/mol. The van der Waals surface area contributed by atoms with Gasteiger partial charge in [0.25, 0.3) is 0 Å². The van der Waals surface area contributed by atoms with Gasteiger partial charge in [-0.25, -0.2) is 9.59 Å². The fraction of sp³-hybridized carbons (Fsp3) is 0.500. The standard InChI is InChI=1S/C28H32F6N2O6/c1-15(2)14-42-26(38)36-16(3)7-21(20-11-23(39-4)24(40-5)12-22(20)36)35(25(37)41-6)13-17-8-18(27(29,30)31)10-19(9-17)28(32,33)34/h8-12,15-16,21H,7,13-14H2,1-6H3. The minimum absolute atomic E-state index is 0.0156. The summed E-state index contributed by atoms with van der Waals surface area (Å²) in [6.07, 6.45) is -11.8. The van der Waals surface area contributed by atoms with Crippen LogP contribution in [0.4, 0.5) is 41.6 Å². The van der Waals surface area contributed by atoms with Crippen LogP contribution in [0.25, 0.3) is 0 Å². The first kappa shape index (κ1) is 32.7. The van der Waals surface area contributed by atoms with Crippen LogP contribution in [0.2, 0.25) is 0 Å². The summed E-state index contributed by atoms with van der Waals surface area (Å²) in [5.74, 6) is 0.494. The molecule has 0 spiro atoms. The van der Waals surface area contributed by atoms with Crippen LogP contribution in [0.3, 0.4) is 0 Å². The molecule has 0 N–H and O–H groups in total. The molecule has 1 aliphatic heterocycles. The van der Waals surface area contributed by atoms with Gasteiger partial charge < -0.3 is 18.9 Å². The summed E-state index contributed by atoms with van der Waals surface area (Å²) in [5, 5.41) is 0. The lowest BCUT2D eigenvalue weighted by atomic mass is 9.90. The predicted octanol–water partition coefficient (Wildman–Crippen LogP) is 7.44. The van der Waals surface area contributed by atoms with E-state index in [1.54, 1.807) is 6.92 Å². The maximum Gasteiger partial charge on any atom is 0.416 e. The van der Waals surface area contributed by atoms with E-state index in [2.05, 4.69) is 0 Å². The zero-order valence-corrected chi connectivity index (χ0v) is 23.9. The third kappa shape index (κ3) is 7.13. The number of rotatable bonds is 7. The number of carbonyl (C=O) groups excluding carboxylic acids is 2. The molecule has 1 aliphatic rings. The zero-order valence-electron chi connectivity index (χ0n) is 23.9. The van der Waals surface area contributed by atoms with Crippen LogP contribution in [0, 0.1) is 5.92 Å². The van der Waals surface area contributed by atoms with Gasteiger partial charge in [-0.15, -0.1) is 0 Å².